The van der Waals surface area contributed by atoms with Gasteiger partial charge in [-0.05, 0) is 61.6 Å². The molecule has 6 nitrogen and oxygen atoms in total. The Balaban J connectivity index is 1.99. The topological polar surface area (TPSA) is 92.7 Å². The lowest BCUT2D eigenvalue weighted by atomic mass is 10.1. The van der Waals surface area contributed by atoms with E-state index in [1.807, 2.05) is 0 Å². The van der Waals surface area contributed by atoms with Gasteiger partial charge in [0.1, 0.15) is 0 Å². The van der Waals surface area contributed by atoms with Gasteiger partial charge in [-0.25, -0.2) is 17.6 Å². The number of nitrogens with one attached hydrogen (secondary N) is 1. The highest BCUT2D eigenvalue weighted by Gasteiger charge is 2.26. The van der Waals surface area contributed by atoms with Crippen LogP contribution in [0.3, 0.4) is 0 Å². The summed E-state index contributed by atoms with van der Waals surface area (Å²) >= 11 is 0. The Hall–Kier alpha value is -2.61. The minimum absolute atomic E-state index is 0.0317. The molecule has 0 radical (unpaired) electrons. The summed E-state index contributed by atoms with van der Waals surface area (Å²) in [7, 11) is -4.06. The van der Waals surface area contributed by atoms with Crippen LogP contribution in [-0.4, -0.2) is 26.1 Å². The minimum atomic E-state index is -4.06. The summed E-state index contributed by atoms with van der Waals surface area (Å²) in [5, 5.41) is 9.23. The molecule has 0 saturated heterocycles. The van der Waals surface area contributed by atoms with Crippen molar-refractivity contribution in [2.75, 3.05) is 11.3 Å². The van der Waals surface area contributed by atoms with E-state index in [9.17, 15) is 22.7 Å². The fourth-order valence-electron chi connectivity index (χ4n) is 3.08. The van der Waals surface area contributed by atoms with Gasteiger partial charge in [-0.2, -0.15) is 0 Å². The summed E-state index contributed by atoms with van der Waals surface area (Å²) in [6.45, 7) is 2.00. The zero-order valence-corrected chi connectivity index (χ0v) is 14.9. The Morgan fingerprint density at radius 3 is 2.69 bits per heavy atom. The van der Waals surface area contributed by atoms with Gasteiger partial charge in [0.25, 0.3) is 10.0 Å². The van der Waals surface area contributed by atoms with Crippen LogP contribution in [0.2, 0.25) is 0 Å². The van der Waals surface area contributed by atoms with Crippen molar-refractivity contribution in [3.8, 4) is 5.75 Å². The van der Waals surface area contributed by atoms with Crippen LogP contribution in [0.25, 0.3) is 0 Å². The molecular formula is C18H18FNO5S. The molecular weight excluding hydrogens is 361 g/mol. The number of rotatable bonds is 6. The van der Waals surface area contributed by atoms with E-state index >= 15 is 0 Å². The van der Waals surface area contributed by atoms with E-state index < -0.39 is 21.8 Å². The maximum Gasteiger partial charge on any atom is 0.335 e. The molecule has 2 aromatic rings. The Labute approximate surface area is 150 Å². The molecule has 0 saturated carbocycles. The summed E-state index contributed by atoms with van der Waals surface area (Å²) in [5.41, 5.74) is 1.30. The number of carboxylic acid groups (broad SMARTS) is 1. The SMILES string of the molecule is CCOc1ccc(NS(=O)(=O)c2cc(C(=O)O)cc3c2CCC3)cc1F. The van der Waals surface area contributed by atoms with E-state index in [4.69, 9.17) is 4.74 Å². The number of benzene rings is 2. The zero-order chi connectivity index (χ0) is 18.9. The lowest BCUT2D eigenvalue weighted by molar-refractivity contribution is 0.0696. The Morgan fingerprint density at radius 2 is 2.04 bits per heavy atom. The number of fused-ring (bicyclic) bond motifs is 1. The molecule has 0 atom stereocenters. The van der Waals surface area contributed by atoms with E-state index in [0.29, 0.717) is 18.4 Å². The van der Waals surface area contributed by atoms with Crippen LogP contribution in [0.1, 0.15) is 34.8 Å². The third-order valence-corrected chi connectivity index (χ3v) is 5.64. The molecule has 0 spiro atoms. The first-order chi connectivity index (χ1) is 12.3. The number of hydrogen-bond acceptors (Lipinski definition) is 4. The van der Waals surface area contributed by atoms with Gasteiger partial charge >= 0.3 is 5.97 Å². The summed E-state index contributed by atoms with van der Waals surface area (Å²) in [6.07, 6.45) is 1.96. The molecule has 0 aliphatic heterocycles. The molecule has 26 heavy (non-hydrogen) atoms. The van der Waals surface area contributed by atoms with Crippen molar-refractivity contribution < 1.29 is 27.4 Å². The fraction of sp³-hybridized carbons (Fsp3) is 0.278. The molecule has 2 N–H and O–H groups in total. The van der Waals surface area contributed by atoms with Crippen molar-refractivity contribution in [1.29, 1.82) is 0 Å². The lowest BCUT2D eigenvalue weighted by Crippen LogP contribution is -2.16. The van der Waals surface area contributed by atoms with Crippen LogP contribution in [-0.2, 0) is 22.9 Å². The van der Waals surface area contributed by atoms with Crippen LogP contribution in [0.15, 0.2) is 35.2 Å². The average Bonchev–Trinajstić information content (AvgIpc) is 3.04. The number of ether oxygens (including phenoxy) is 1. The Bertz CT molecular complexity index is 972. The first-order valence-corrected chi connectivity index (χ1v) is 9.64. The molecule has 0 unspecified atom stereocenters. The molecule has 8 heteroatoms. The number of sulfonamides is 1. The first kappa shape index (κ1) is 18.2. The smallest absolute Gasteiger partial charge is 0.335 e. The van der Waals surface area contributed by atoms with Crippen LogP contribution in [0.4, 0.5) is 10.1 Å². The number of hydrogen-bond donors (Lipinski definition) is 2. The predicted molar refractivity (Wildman–Crippen MR) is 93.8 cm³/mol. The molecule has 3 rings (SSSR count). The van der Waals surface area contributed by atoms with Crippen LogP contribution in [0.5, 0.6) is 5.75 Å². The number of aryl methyl sites for hydroxylation is 1. The molecule has 0 fully saturated rings. The van der Waals surface area contributed by atoms with E-state index in [1.165, 1.54) is 18.2 Å². The maximum absolute atomic E-state index is 14.0. The van der Waals surface area contributed by atoms with E-state index in [-0.39, 0.29) is 28.5 Å². The molecule has 0 amide bonds. The zero-order valence-electron chi connectivity index (χ0n) is 14.1. The van der Waals surface area contributed by atoms with Crippen molar-refractivity contribution in [2.24, 2.45) is 0 Å². The predicted octanol–water partition coefficient (Wildman–Crippen LogP) is 3.21. The van der Waals surface area contributed by atoms with Crippen molar-refractivity contribution in [3.05, 3.63) is 52.8 Å². The Morgan fingerprint density at radius 1 is 1.27 bits per heavy atom. The molecule has 2 aromatic carbocycles. The molecule has 0 heterocycles. The number of anilines is 1. The fourth-order valence-corrected chi connectivity index (χ4v) is 4.46. The number of aromatic carboxylic acids is 1. The number of halogens is 1. The summed E-state index contributed by atoms with van der Waals surface area (Å²) in [5.74, 6) is -1.84. The van der Waals surface area contributed by atoms with Gasteiger partial charge < -0.3 is 9.84 Å². The van der Waals surface area contributed by atoms with Gasteiger partial charge in [0.15, 0.2) is 11.6 Å². The average molecular weight is 379 g/mol. The normalized spacial score (nSPS) is 13.3. The van der Waals surface area contributed by atoms with E-state index in [2.05, 4.69) is 4.72 Å². The summed E-state index contributed by atoms with van der Waals surface area (Å²) in [4.78, 5) is 11.2. The van der Waals surface area contributed by atoms with Gasteiger partial charge in [-0.15, -0.1) is 0 Å². The van der Waals surface area contributed by atoms with E-state index in [1.54, 1.807) is 6.92 Å². The van der Waals surface area contributed by atoms with Gasteiger partial charge in [0, 0.05) is 6.07 Å². The minimum Gasteiger partial charge on any atom is -0.491 e. The van der Waals surface area contributed by atoms with Gasteiger partial charge in [-0.1, -0.05) is 0 Å². The van der Waals surface area contributed by atoms with Crippen molar-refractivity contribution in [2.45, 2.75) is 31.1 Å². The van der Waals surface area contributed by atoms with E-state index in [0.717, 1.165) is 24.1 Å². The van der Waals surface area contributed by atoms with Crippen molar-refractivity contribution in [1.82, 2.24) is 0 Å². The van der Waals surface area contributed by atoms with Gasteiger partial charge in [-0.3, -0.25) is 4.72 Å². The van der Waals surface area contributed by atoms with Crippen LogP contribution < -0.4 is 9.46 Å². The molecule has 1 aliphatic carbocycles. The van der Waals surface area contributed by atoms with Crippen molar-refractivity contribution >= 4 is 21.7 Å². The number of carbonyl (C=O) groups is 1. The van der Waals surface area contributed by atoms with Gasteiger partial charge in [0.05, 0.1) is 22.8 Å². The maximum atomic E-state index is 14.0. The molecule has 0 aromatic heterocycles. The van der Waals surface area contributed by atoms with Crippen LogP contribution >= 0.6 is 0 Å². The number of carboxylic acids is 1. The highest BCUT2D eigenvalue weighted by atomic mass is 32.2. The molecule has 1 aliphatic rings. The monoisotopic (exact) mass is 379 g/mol. The van der Waals surface area contributed by atoms with Crippen molar-refractivity contribution in [3.63, 3.8) is 0 Å². The largest absolute Gasteiger partial charge is 0.491 e. The molecule has 0 bridgehead atoms. The highest BCUT2D eigenvalue weighted by molar-refractivity contribution is 7.92. The van der Waals surface area contributed by atoms with Crippen LogP contribution in [0, 0.1) is 5.82 Å². The summed E-state index contributed by atoms with van der Waals surface area (Å²) < 4.78 is 47.0. The second kappa shape index (κ2) is 6.95. The summed E-state index contributed by atoms with van der Waals surface area (Å²) in [6, 6.07) is 6.44. The molecule has 138 valence electrons. The quantitative estimate of drug-likeness (QED) is 0.804. The van der Waals surface area contributed by atoms with Gasteiger partial charge in [0.2, 0.25) is 0 Å². The first-order valence-electron chi connectivity index (χ1n) is 8.16. The standard InChI is InChI=1S/C18H18FNO5S/c1-2-25-16-7-6-13(10-15(16)19)20-26(23,24)17-9-12(18(21)22)8-11-4-3-5-14(11)17/h6-10,20H,2-5H2,1H3,(H,21,22). The second-order valence-electron chi connectivity index (χ2n) is 5.95. The second-order valence-corrected chi connectivity index (χ2v) is 7.61. The lowest BCUT2D eigenvalue weighted by Gasteiger charge is -2.14. The third kappa shape index (κ3) is 3.50. The third-order valence-electron chi connectivity index (χ3n) is 4.19. The highest BCUT2D eigenvalue weighted by Crippen LogP contribution is 2.31. The Kier molecular flexibility index (Phi) is 4.86.